The number of aromatic nitrogens is 4. The number of unbranched alkanes of at least 4 members (excludes halogenated alkanes) is 16. The largest absolute Gasteiger partial charge is 0.365 e. The van der Waals surface area contributed by atoms with Crippen LogP contribution in [0.1, 0.15) is 255 Å². The Balaban J connectivity index is 1.20. The van der Waals surface area contributed by atoms with Crippen molar-refractivity contribution in [2.24, 2.45) is 23.7 Å². The molecule has 0 saturated heterocycles. The fraction of sp³-hybridized carbons (Fsp3) is 0.677. The Hall–Kier alpha value is -3.44. The van der Waals surface area contributed by atoms with E-state index in [1.165, 1.54) is 215 Å². The topological polar surface area (TPSA) is 60.8 Å². The molecular weight excluding hydrogens is 817 g/mol. The molecule has 2 aromatic carbocycles. The maximum Gasteiger partial charge on any atom is 0.159 e. The van der Waals surface area contributed by atoms with Crippen LogP contribution in [0.4, 0.5) is 0 Å². The molecule has 0 radical (unpaired) electrons. The van der Waals surface area contributed by atoms with E-state index in [-0.39, 0.29) is 12.2 Å². The van der Waals surface area contributed by atoms with Gasteiger partial charge >= 0.3 is 0 Å². The van der Waals surface area contributed by atoms with Gasteiger partial charge in [0.15, 0.2) is 11.6 Å². The molecule has 2 saturated carbocycles. The first-order valence-electron chi connectivity index (χ1n) is 28.6. The number of hydrogen-bond donors (Lipinski definition) is 0. The summed E-state index contributed by atoms with van der Waals surface area (Å²) in [6.45, 7) is 9.20. The van der Waals surface area contributed by atoms with Gasteiger partial charge in [-0.3, -0.25) is 0 Å². The van der Waals surface area contributed by atoms with Crippen molar-refractivity contribution >= 4 is 0 Å². The average Bonchev–Trinajstić information content (AvgIpc) is 3.37. The Morgan fingerprint density at radius 1 is 0.388 bits per heavy atom. The second-order valence-corrected chi connectivity index (χ2v) is 21.3. The van der Waals surface area contributed by atoms with Gasteiger partial charge in [0.25, 0.3) is 0 Å². The van der Waals surface area contributed by atoms with E-state index in [0.29, 0.717) is 11.8 Å². The number of aryl methyl sites for hydroxylation is 2. The second-order valence-electron chi connectivity index (χ2n) is 21.3. The Labute approximate surface area is 410 Å². The molecule has 6 rings (SSSR count). The van der Waals surface area contributed by atoms with Crippen LogP contribution in [-0.2, 0) is 17.6 Å². The number of benzene rings is 2. The van der Waals surface area contributed by atoms with E-state index in [0.717, 1.165) is 47.5 Å². The summed E-state index contributed by atoms with van der Waals surface area (Å²) in [5.74, 6) is 4.38. The molecule has 2 unspecified atom stereocenters. The average molecular weight is 911 g/mol. The molecule has 5 nitrogen and oxygen atoms in total. The third-order valence-corrected chi connectivity index (χ3v) is 15.9. The van der Waals surface area contributed by atoms with Crippen LogP contribution in [0.15, 0.2) is 73.3 Å². The minimum Gasteiger partial charge on any atom is -0.365 e. The number of hydrogen-bond acceptors (Lipinski definition) is 5. The molecule has 67 heavy (non-hydrogen) atoms. The van der Waals surface area contributed by atoms with Crippen LogP contribution < -0.4 is 0 Å². The van der Waals surface area contributed by atoms with Gasteiger partial charge in [0, 0.05) is 35.9 Å². The van der Waals surface area contributed by atoms with Crippen molar-refractivity contribution in [3.05, 3.63) is 95.6 Å². The van der Waals surface area contributed by atoms with E-state index in [2.05, 4.69) is 101 Å². The van der Waals surface area contributed by atoms with Gasteiger partial charge in [-0.1, -0.05) is 230 Å². The second kappa shape index (κ2) is 30.9. The maximum absolute atomic E-state index is 7.81. The van der Waals surface area contributed by atoms with Crippen molar-refractivity contribution in [1.82, 2.24) is 19.9 Å². The predicted molar refractivity (Wildman–Crippen MR) is 284 cm³/mol. The van der Waals surface area contributed by atoms with Gasteiger partial charge in [-0.05, 0) is 97.3 Å². The molecule has 0 spiro atoms. The zero-order chi connectivity index (χ0) is 46.7. The van der Waals surface area contributed by atoms with Crippen LogP contribution in [-0.4, -0.2) is 19.9 Å². The normalized spacial score (nSPS) is 19.6. The standard InChI is InChI=1S/C62H94N4O/c1-5-9-13-17-21-25-49-29-33-53(34-30-49)59(55-37-41-57(42-38-55)61-63-45-51(46-64-61)27-23-19-15-11-7-3)67-60(54-35-31-50(32-36-54)26-22-18-14-10-6-2)56-39-43-58(44-40-56)62-65-47-52(48-66-62)28-24-20-16-12-8-4/h37-50,53-54,59-60H,5-36H2,1-4H3/t49-,50-,53-,54-,59?,60?. The van der Waals surface area contributed by atoms with Gasteiger partial charge in [-0.2, -0.15) is 0 Å². The first kappa shape index (κ1) is 52.9. The summed E-state index contributed by atoms with van der Waals surface area (Å²) in [5, 5.41) is 0. The summed E-state index contributed by atoms with van der Waals surface area (Å²) < 4.78 is 7.81. The van der Waals surface area contributed by atoms with Gasteiger partial charge in [-0.15, -0.1) is 0 Å². The van der Waals surface area contributed by atoms with Crippen LogP contribution in [0.25, 0.3) is 22.8 Å². The van der Waals surface area contributed by atoms with E-state index in [9.17, 15) is 0 Å². The Kier molecular flexibility index (Phi) is 24.4. The zero-order valence-corrected chi connectivity index (χ0v) is 43.2. The van der Waals surface area contributed by atoms with Crippen LogP contribution in [0, 0.1) is 23.7 Å². The molecule has 2 fully saturated rings. The summed E-state index contributed by atoms with van der Waals surface area (Å²) in [6, 6.07) is 18.5. The Morgan fingerprint density at radius 2 is 0.701 bits per heavy atom. The lowest BCUT2D eigenvalue weighted by Gasteiger charge is -2.40. The van der Waals surface area contributed by atoms with Gasteiger partial charge in [-0.25, -0.2) is 19.9 Å². The van der Waals surface area contributed by atoms with Crippen molar-refractivity contribution in [1.29, 1.82) is 0 Å². The molecule has 5 heteroatoms. The summed E-state index contributed by atoms with van der Waals surface area (Å²) in [5.41, 5.74) is 7.30. The van der Waals surface area contributed by atoms with Gasteiger partial charge in [0.1, 0.15) is 0 Å². The summed E-state index contributed by atoms with van der Waals surface area (Å²) in [4.78, 5) is 19.5. The van der Waals surface area contributed by atoms with E-state index in [1.807, 2.05) is 0 Å². The first-order chi connectivity index (χ1) is 33.1. The summed E-state index contributed by atoms with van der Waals surface area (Å²) in [6.07, 6.45) is 50.2. The van der Waals surface area contributed by atoms with Crippen molar-refractivity contribution < 1.29 is 4.74 Å². The predicted octanol–water partition coefficient (Wildman–Crippen LogP) is 18.8. The third-order valence-electron chi connectivity index (χ3n) is 15.9. The highest BCUT2D eigenvalue weighted by Crippen LogP contribution is 2.47. The van der Waals surface area contributed by atoms with Crippen molar-refractivity contribution in [2.75, 3.05) is 0 Å². The Bertz CT molecular complexity index is 1700. The van der Waals surface area contributed by atoms with Gasteiger partial charge < -0.3 is 4.74 Å². The first-order valence-corrected chi connectivity index (χ1v) is 28.6. The molecular formula is C62H94N4O. The minimum absolute atomic E-state index is 0.0503. The monoisotopic (exact) mass is 911 g/mol. The van der Waals surface area contributed by atoms with Gasteiger partial charge in [0.05, 0.1) is 12.2 Å². The molecule has 2 aliphatic carbocycles. The highest BCUT2D eigenvalue weighted by molar-refractivity contribution is 5.56. The van der Waals surface area contributed by atoms with E-state index in [4.69, 9.17) is 24.7 Å². The van der Waals surface area contributed by atoms with Crippen LogP contribution in [0.3, 0.4) is 0 Å². The molecule has 2 aliphatic rings. The zero-order valence-electron chi connectivity index (χ0n) is 43.2. The molecule has 4 aromatic rings. The quantitative estimate of drug-likeness (QED) is 0.0457. The minimum atomic E-state index is 0.0503. The van der Waals surface area contributed by atoms with Crippen LogP contribution >= 0.6 is 0 Å². The lowest BCUT2D eigenvalue weighted by Crippen LogP contribution is -2.28. The van der Waals surface area contributed by atoms with E-state index in [1.54, 1.807) is 0 Å². The fourth-order valence-corrected chi connectivity index (χ4v) is 11.5. The third kappa shape index (κ3) is 18.1. The highest BCUT2D eigenvalue weighted by atomic mass is 16.5. The Morgan fingerprint density at radius 3 is 1.03 bits per heavy atom. The number of rotatable bonds is 32. The molecule has 2 atom stereocenters. The molecule has 0 bridgehead atoms. The number of ether oxygens (including phenoxy) is 1. The molecule has 0 N–H and O–H groups in total. The summed E-state index contributed by atoms with van der Waals surface area (Å²) >= 11 is 0. The molecule has 368 valence electrons. The van der Waals surface area contributed by atoms with E-state index >= 15 is 0 Å². The molecule has 2 aromatic heterocycles. The molecule has 0 aliphatic heterocycles. The lowest BCUT2D eigenvalue weighted by atomic mass is 9.74. The number of nitrogens with zero attached hydrogens (tertiary/aromatic N) is 4. The van der Waals surface area contributed by atoms with Gasteiger partial charge in [0.2, 0.25) is 0 Å². The fourth-order valence-electron chi connectivity index (χ4n) is 11.5. The molecule has 2 heterocycles. The summed E-state index contributed by atoms with van der Waals surface area (Å²) in [7, 11) is 0. The SMILES string of the molecule is CCCCCCCc1cnc(-c2ccc(C(OC(c3ccc(-c4ncc(CCCCCCC)cn4)cc3)[C@H]3CC[C@H](CCCCCCC)CC3)[C@H]3CC[C@H](CCCCCCC)CC3)cc2)nc1. The van der Waals surface area contributed by atoms with Crippen LogP contribution in [0.2, 0.25) is 0 Å². The van der Waals surface area contributed by atoms with Crippen LogP contribution in [0.5, 0.6) is 0 Å². The van der Waals surface area contributed by atoms with Crippen molar-refractivity contribution in [3.8, 4) is 22.8 Å². The van der Waals surface area contributed by atoms with E-state index < -0.39 is 0 Å². The smallest absolute Gasteiger partial charge is 0.159 e. The molecule has 0 amide bonds. The van der Waals surface area contributed by atoms with Crippen molar-refractivity contribution in [3.63, 3.8) is 0 Å². The lowest BCUT2D eigenvalue weighted by molar-refractivity contribution is -0.0907. The van der Waals surface area contributed by atoms with Crippen molar-refractivity contribution in [2.45, 2.75) is 245 Å². The maximum atomic E-state index is 7.81. The highest BCUT2D eigenvalue weighted by Gasteiger charge is 2.36.